The van der Waals surface area contributed by atoms with Crippen LogP contribution < -0.4 is 0 Å². The molecule has 0 radical (unpaired) electrons. The van der Waals surface area contributed by atoms with Crippen molar-refractivity contribution in [2.75, 3.05) is 6.61 Å². The van der Waals surface area contributed by atoms with Crippen LogP contribution in [0.5, 0.6) is 0 Å². The summed E-state index contributed by atoms with van der Waals surface area (Å²) < 4.78 is 38.1. The molecule has 0 aliphatic heterocycles. The first-order valence-corrected chi connectivity index (χ1v) is 6.59. The Hall–Kier alpha value is -0.530. The van der Waals surface area contributed by atoms with Gasteiger partial charge in [0.2, 0.25) is 0 Å². The molecule has 0 fully saturated rings. The predicted molar refractivity (Wildman–Crippen MR) is 66.1 cm³/mol. The third kappa shape index (κ3) is 11.7. The quantitative estimate of drug-likeness (QED) is 0.444. The summed E-state index contributed by atoms with van der Waals surface area (Å²) in [5, 5.41) is 0.405. The third-order valence-electron chi connectivity index (χ3n) is 1.27. The van der Waals surface area contributed by atoms with Crippen LogP contribution in [0.15, 0.2) is 35.1 Å². The summed E-state index contributed by atoms with van der Waals surface area (Å²) in [4.78, 5) is 0. The van der Waals surface area contributed by atoms with Gasteiger partial charge in [-0.05, 0) is 25.2 Å². The van der Waals surface area contributed by atoms with Crippen molar-refractivity contribution in [3.63, 3.8) is 0 Å². The molecule has 98 valence electrons. The number of halogens is 2. The van der Waals surface area contributed by atoms with E-state index in [9.17, 15) is 8.42 Å². The molecule has 0 saturated carbocycles. The number of rotatable bonds is 7. The average molecular weight is 303 g/mol. The van der Waals surface area contributed by atoms with E-state index in [-0.39, 0.29) is 6.61 Å². The second-order valence-corrected chi connectivity index (χ2v) is 4.58. The molecule has 0 rings (SSSR count). The lowest BCUT2D eigenvalue weighted by Crippen LogP contribution is -2.18. The van der Waals surface area contributed by atoms with E-state index >= 15 is 0 Å². The normalized spacial score (nSPS) is 15.6. The van der Waals surface area contributed by atoms with Gasteiger partial charge in [0.1, 0.15) is 12.7 Å². The second-order valence-electron chi connectivity index (χ2n) is 2.84. The standard InChI is InChI=1S/C9H12Cl2O5S/c1-8(16-17(12,13)14)7-15-6-2-3-9(11)4-5-10/h2-6,8H,7H2,1H3,(H,12,13,14). The molecule has 0 amide bonds. The minimum absolute atomic E-state index is 0.0346. The van der Waals surface area contributed by atoms with Gasteiger partial charge in [0, 0.05) is 10.6 Å². The monoisotopic (exact) mass is 302 g/mol. The maximum absolute atomic E-state index is 10.3. The molecule has 0 saturated heterocycles. The molecule has 0 aliphatic carbocycles. The summed E-state index contributed by atoms with van der Waals surface area (Å²) in [6, 6.07) is 0. The summed E-state index contributed by atoms with van der Waals surface area (Å²) in [5.74, 6) is 0. The maximum Gasteiger partial charge on any atom is 0.397 e. The Kier molecular flexibility index (Phi) is 8.28. The third-order valence-corrected chi connectivity index (χ3v) is 2.22. The van der Waals surface area contributed by atoms with Crippen molar-refractivity contribution in [3.05, 3.63) is 35.1 Å². The van der Waals surface area contributed by atoms with Gasteiger partial charge in [-0.2, -0.15) is 8.42 Å². The van der Waals surface area contributed by atoms with Crippen LogP contribution in [0.25, 0.3) is 0 Å². The zero-order valence-electron chi connectivity index (χ0n) is 8.92. The van der Waals surface area contributed by atoms with Gasteiger partial charge in [-0.1, -0.05) is 23.2 Å². The zero-order chi connectivity index (χ0) is 13.3. The Bertz CT molecular complexity index is 400. The summed E-state index contributed by atoms with van der Waals surface area (Å²) in [7, 11) is -4.45. The fourth-order valence-electron chi connectivity index (χ4n) is 0.729. The minimum atomic E-state index is -4.45. The maximum atomic E-state index is 10.3. The van der Waals surface area contributed by atoms with Gasteiger partial charge in [0.25, 0.3) is 0 Å². The summed E-state index contributed by atoms with van der Waals surface area (Å²) in [5.41, 5.74) is 1.26. The van der Waals surface area contributed by atoms with Crippen LogP contribution in [0.2, 0.25) is 0 Å². The molecule has 0 heterocycles. The highest BCUT2D eigenvalue weighted by Crippen LogP contribution is 2.04. The molecule has 1 N–H and O–H groups in total. The lowest BCUT2D eigenvalue weighted by atomic mass is 10.4. The lowest BCUT2D eigenvalue weighted by Gasteiger charge is -2.08. The summed E-state index contributed by atoms with van der Waals surface area (Å²) in [6.45, 7) is 1.40. The summed E-state index contributed by atoms with van der Waals surface area (Å²) >= 11 is 10.9. The summed E-state index contributed by atoms with van der Waals surface area (Å²) in [6.07, 6.45) is 5.00. The SMILES string of the molecule is CC(COC=CC=C(Cl)C=CCl)OS(=O)(=O)O. The number of hydrogen-bond donors (Lipinski definition) is 1. The fraction of sp³-hybridized carbons (Fsp3) is 0.333. The number of hydrogen-bond acceptors (Lipinski definition) is 4. The van der Waals surface area contributed by atoms with Crippen molar-refractivity contribution in [2.45, 2.75) is 13.0 Å². The van der Waals surface area contributed by atoms with Gasteiger partial charge in [-0.25, -0.2) is 4.18 Å². The molecule has 5 nitrogen and oxygen atoms in total. The number of ether oxygens (including phenoxy) is 1. The van der Waals surface area contributed by atoms with Crippen LogP contribution in [0, 0.1) is 0 Å². The van der Waals surface area contributed by atoms with Gasteiger partial charge in [0.15, 0.2) is 0 Å². The minimum Gasteiger partial charge on any atom is -0.498 e. The van der Waals surface area contributed by atoms with E-state index in [0.29, 0.717) is 5.03 Å². The van der Waals surface area contributed by atoms with Crippen molar-refractivity contribution in [1.82, 2.24) is 0 Å². The Morgan fingerprint density at radius 3 is 2.71 bits per heavy atom. The van der Waals surface area contributed by atoms with E-state index in [4.69, 9.17) is 32.5 Å². The molecule has 0 aromatic heterocycles. The van der Waals surface area contributed by atoms with Crippen LogP contribution in [-0.2, 0) is 19.3 Å². The molecule has 0 bridgehead atoms. The molecular weight excluding hydrogens is 291 g/mol. The van der Waals surface area contributed by atoms with Crippen LogP contribution in [-0.4, -0.2) is 25.7 Å². The van der Waals surface area contributed by atoms with Gasteiger partial charge in [0.05, 0.1) is 6.26 Å². The molecular formula is C9H12Cl2O5S. The molecule has 0 aromatic rings. The fourth-order valence-corrected chi connectivity index (χ4v) is 1.54. The van der Waals surface area contributed by atoms with Crippen LogP contribution in [0.4, 0.5) is 0 Å². The second kappa shape index (κ2) is 8.54. The van der Waals surface area contributed by atoms with E-state index in [0.717, 1.165) is 0 Å². The van der Waals surface area contributed by atoms with Crippen molar-refractivity contribution < 1.29 is 21.9 Å². The Morgan fingerprint density at radius 1 is 1.53 bits per heavy atom. The van der Waals surface area contributed by atoms with E-state index < -0.39 is 16.5 Å². The molecule has 0 aromatic carbocycles. The smallest absolute Gasteiger partial charge is 0.397 e. The van der Waals surface area contributed by atoms with Gasteiger partial charge < -0.3 is 4.74 Å². The van der Waals surface area contributed by atoms with E-state index in [1.807, 2.05) is 0 Å². The molecule has 1 unspecified atom stereocenters. The first-order valence-electron chi connectivity index (χ1n) is 4.41. The molecule has 8 heteroatoms. The highest BCUT2D eigenvalue weighted by molar-refractivity contribution is 7.80. The highest BCUT2D eigenvalue weighted by atomic mass is 35.5. The lowest BCUT2D eigenvalue weighted by molar-refractivity contribution is 0.109. The van der Waals surface area contributed by atoms with E-state index in [1.54, 1.807) is 0 Å². The van der Waals surface area contributed by atoms with Crippen LogP contribution >= 0.6 is 23.2 Å². The van der Waals surface area contributed by atoms with Crippen molar-refractivity contribution in [3.8, 4) is 0 Å². The largest absolute Gasteiger partial charge is 0.498 e. The van der Waals surface area contributed by atoms with Gasteiger partial charge in [-0.15, -0.1) is 0 Å². The first kappa shape index (κ1) is 16.5. The zero-order valence-corrected chi connectivity index (χ0v) is 11.2. The van der Waals surface area contributed by atoms with Crippen LogP contribution in [0.3, 0.4) is 0 Å². The number of allylic oxidation sites excluding steroid dienone is 4. The van der Waals surface area contributed by atoms with Crippen molar-refractivity contribution in [2.24, 2.45) is 0 Å². The molecule has 1 atom stereocenters. The van der Waals surface area contributed by atoms with Crippen LogP contribution in [0.1, 0.15) is 6.92 Å². The topological polar surface area (TPSA) is 72.8 Å². The van der Waals surface area contributed by atoms with E-state index in [1.165, 1.54) is 36.9 Å². The van der Waals surface area contributed by atoms with Gasteiger partial charge in [-0.3, -0.25) is 4.55 Å². The molecule has 0 aliphatic rings. The molecule has 0 spiro atoms. The van der Waals surface area contributed by atoms with E-state index in [2.05, 4.69) is 4.18 Å². The Labute approximate surface area is 110 Å². The van der Waals surface area contributed by atoms with Crippen molar-refractivity contribution >= 4 is 33.6 Å². The van der Waals surface area contributed by atoms with Gasteiger partial charge >= 0.3 is 10.4 Å². The Balaban J connectivity index is 3.92. The highest BCUT2D eigenvalue weighted by Gasteiger charge is 2.11. The van der Waals surface area contributed by atoms with Crippen molar-refractivity contribution in [1.29, 1.82) is 0 Å². The average Bonchev–Trinajstić information content (AvgIpc) is 2.14. The first-order chi connectivity index (χ1) is 7.85. The molecule has 17 heavy (non-hydrogen) atoms. The Morgan fingerprint density at radius 2 is 2.18 bits per heavy atom. The predicted octanol–water partition coefficient (Wildman–Crippen LogP) is 2.60.